The van der Waals surface area contributed by atoms with E-state index in [9.17, 15) is 18.0 Å². The van der Waals surface area contributed by atoms with Gasteiger partial charge in [0.1, 0.15) is 11.4 Å². The number of aromatic amines is 1. The second-order valence-electron chi connectivity index (χ2n) is 7.59. The summed E-state index contributed by atoms with van der Waals surface area (Å²) in [5.74, 6) is -0.646. The molecule has 2 unspecified atom stereocenters. The van der Waals surface area contributed by atoms with Gasteiger partial charge in [-0.05, 0) is 31.0 Å². The van der Waals surface area contributed by atoms with Crippen LogP contribution in [-0.2, 0) is 4.84 Å². The van der Waals surface area contributed by atoms with Crippen molar-refractivity contribution in [3.63, 3.8) is 0 Å². The Morgan fingerprint density at radius 2 is 2.16 bits per heavy atom. The van der Waals surface area contributed by atoms with E-state index in [0.717, 1.165) is 5.52 Å². The number of nitrogens with zero attached hydrogens (tertiary/aromatic N) is 4. The molecule has 1 aliphatic rings. The van der Waals surface area contributed by atoms with E-state index in [1.165, 1.54) is 12.3 Å². The molecule has 8 nitrogen and oxygen atoms in total. The average molecular weight is 444 g/mol. The molecule has 2 atom stereocenters. The third-order valence-corrected chi connectivity index (χ3v) is 5.58. The van der Waals surface area contributed by atoms with Gasteiger partial charge in [-0.25, -0.2) is 23.3 Å². The van der Waals surface area contributed by atoms with Crippen molar-refractivity contribution in [3.05, 3.63) is 42.5 Å². The smallest absolute Gasteiger partial charge is 0.289 e. The van der Waals surface area contributed by atoms with Crippen LogP contribution in [-0.4, -0.2) is 50.1 Å². The number of alkyl halides is 3. The van der Waals surface area contributed by atoms with E-state index in [1.54, 1.807) is 18.5 Å². The van der Waals surface area contributed by atoms with Crippen molar-refractivity contribution in [1.82, 2.24) is 30.2 Å². The van der Waals surface area contributed by atoms with E-state index in [1.807, 2.05) is 6.07 Å². The molecule has 11 heteroatoms. The molecule has 5 rings (SSSR count). The van der Waals surface area contributed by atoms with E-state index in [2.05, 4.69) is 25.5 Å². The van der Waals surface area contributed by atoms with Crippen LogP contribution < -0.4 is 5.48 Å². The molecular formula is C21H19F3N6O2. The Bertz CT molecular complexity index is 1280. The summed E-state index contributed by atoms with van der Waals surface area (Å²) < 4.78 is 41.7. The van der Waals surface area contributed by atoms with Crippen molar-refractivity contribution in [2.24, 2.45) is 5.92 Å². The highest BCUT2D eigenvalue weighted by Crippen LogP contribution is 2.35. The third-order valence-electron chi connectivity index (χ3n) is 5.58. The molecule has 4 aromatic rings. The van der Waals surface area contributed by atoms with Crippen molar-refractivity contribution < 1.29 is 22.8 Å². The highest BCUT2D eigenvalue weighted by Gasteiger charge is 2.29. The number of rotatable bonds is 5. The number of hydroxylamine groups is 1. The maximum atomic E-state index is 14.5. The van der Waals surface area contributed by atoms with Gasteiger partial charge in [-0.3, -0.25) is 14.8 Å². The normalized spacial score (nSPS) is 18.3. The quantitative estimate of drug-likeness (QED) is 0.454. The van der Waals surface area contributed by atoms with Crippen molar-refractivity contribution in [2.45, 2.75) is 25.6 Å². The fraction of sp³-hybridized carbons (Fsp3) is 0.333. The number of carbonyl (C=O) groups is 1. The standard InChI is InChI=1S/C21H19F3N6O2/c22-20(23)21(24)30-16-7-15(19(31)11-3-2-6-32-28-8-11)27-9-12(16)17(29-30)13-10-26-14-4-1-5-25-18(13)14/h1,4-5,7,9-11,20-21,26,28H,2-3,6,8H2. The summed E-state index contributed by atoms with van der Waals surface area (Å²) in [7, 11) is 0. The first-order valence-electron chi connectivity index (χ1n) is 10.2. The second-order valence-corrected chi connectivity index (χ2v) is 7.59. The molecule has 0 aromatic carbocycles. The van der Waals surface area contributed by atoms with Gasteiger partial charge in [0.15, 0.2) is 5.78 Å². The Morgan fingerprint density at radius 3 is 3.00 bits per heavy atom. The minimum Gasteiger partial charge on any atom is -0.359 e. The minimum absolute atomic E-state index is 0.0641. The first kappa shape index (κ1) is 20.6. The maximum absolute atomic E-state index is 14.5. The Hall–Kier alpha value is -3.31. The predicted octanol–water partition coefficient (Wildman–Crippen LogP) is 3.82. The molecule has 0 aliphatic carbocycles. The number of halogens is 3. The number of hydrogen-bond acceptors (Lipinski definition) is 6. The molecule has 1 aliphatic heterocycles. The summed E-state index contributed by atoms with van der Waals surface area (Å²) >= 11 is 0. The molecule has 0 saturated carbocycles. The lowest BCUT2D eigenvalue weighted by atomic mass is 9.96. The fourth-order valence-electron chi connectivity index (χ4n) is 3.96. The first-order chi connectivity index (χ1) is 15.5. The van der Waals surface area contributed by atoms with Gasteiger partial charge in [0.05, 0.1) is 23.2 Å². The third kappa shape index (κ3) is 3.53. The Kier molecular flexibility index (Phi) is 5.35. The lowest BCUT2D eigenvalue weighted by Gasteiger charge is -2.12. The lowest BCUT2D eigenvalue weighted by molar-refractivity contribution is 0.00357. The van der Waals surface area contributed by atoms with E-state index in [0.29, 0.717) is 47.1 Å². The van der Waals surface area contributed by atoms with E-state index < -0.39 is 12.7 Å². The number of carbonyl (C=O) groups excluding carboxylic acids is 1. The van der Waals surface area contributed by atoms with E-state index >= 15 is 0 Å². The van der Waals surface area contributed by atoms with Crippen LogP contribution in [0.1, 0.15) is 29.6 Å². The van der Waals surface area contributed by atoms with Crippen LogP contribution in [0.3, 0.4) is 0 Å². The first-order valence-corrected chi connectivity index (χ1v) is 10.2. The van der Waals surface area contributed by atoms with E-state index in [-0.39, 0.29) is 28.6 Å². The average Bonchev–Trinajstić information content (AvgIpc) is 3.28. The molecule has 166 valence electrons. The van der Waals surface area contributed by atoms with Gasteiger partial charge in [0.25, 0.3) is 12.7 Å². The summed E-state index contributed by atoms with van der Waals surface area (Å²) in [5, 5.41) is 4.50. The minimum atomic E-state index is -3.29. The number of aromatic nitrogens is 5. The fourth-order valence-corrected chi connectivity index (χ4v) is 3.96. The van der Waals surface area contributed by atoms with Crippen LogP contribution in [0.25, 0.3) is 33.2 Å². The molecule has 5 heterocycles. The van der Waals surface area contributed by atoms with Gasteiger partial charge >= 0.3 is 0 Å². The summed E-state index contributed by atoms with van der Waals surface area (Å²) in [6.45, 7) is 0.801. The van der Waals surface area contributed by atoms with Gasteiger partial charge in [0, 0.05) is 42.0 Å². The zero-order valence-corrected chi connectivity index (χ0v) is 16.8. The van der Waals surface area contributed by atoms with Crippen LogP contribution in [0.15, 0.2) is 36.8 Å². The van der Waals surface area contributed by atoms with Crippen LogP contribution in [0.5, 0.6) is 0 Å². The Balaban J connectivity index is 1.64. The van der Waals surface area contributed by atoms with Crippen molar-refractivity contribution in [2.75, 3.05) is 13.2 Å². The molecule has 0 bridgehead atoms. The molecule has 0 amide bonds. The van der Waals surface area contributed by atoms with Crippen LogP contribution >= 0.6 is 0 Å². The van der Waals surface area contributed by atoms with Gasteiger partial charge < -0.3 is 9.82 Å². The topological polar surface area (TPSA) is 97.7 Å². The van der Waals surface area contributed by atoms with Gasteiger partial charge in [-0.15, -0.1) is 0 Å². The molecule has 0 radical (unpaired) electrons. The number of ketones is 1. The highest BCUT2D eigenvalue weighted by atomic mass is 19.3. The predicted molar refractivity (Wildman–Crippen MR) is 110 cm³/mol. The highest BCUT2D eigenvalue weighted by molar-refractivity contribution is 6.04. The monoisotopic (exact) mass is 444 g/mol. The summed E-state index contributed by atoms with van der Waals surface area (Å²) in [6, 6.07) is 4.89. The Morgan fingerprint density at radius 1 is 1.28 bits per heavy atom. The molecular weight excluding hydrogens is 425 g/mol. The van der Waals surface area contributed by atoms with E-state index in [4.69, 9.17) is 4.84 Å². The second kappa shape index (κ2) is 8.32. The Labute approximate surface area is 179 Å². The zero-order chi connectivity index (χ0) is 22.2. The van der Waals surface area contributed by atoms with Crippen LogP contribution in [0.4, 0.5) is 13.2 Å². The van der Waals surface area contributed by atoms with Crippen molar-refractivity contribution >= 4 is 27.7 Å². The van der Waals surface area contributed by atoms with Gasteiger partial charge in [0.2, 0.25) is 0 Å². The van der Waals surface area contributed by atoms with Crippen LogP contribution in [0.2, 0.25) is 0 Å². The van der Waals surface area contributed by atoms with Crippen molar-refractivity contribution in [1.29, 1.82) is 0 Å². The molecule has 32 heavy (non-hydrogen) atoms. The lowest BCUT2D eigenvalue weighted by Crippen LogP contribution is -2.26. The summed E-state index contributed by atoms with van der Waals surface area (Å²) in [4.78, 5) is 29.8. The zero-order valence-electron chi connectivity index (χ0n) is 16.8. The number of fused-ring (bicyclic) bond motifs is 2. The van der Waals surface area contributed by atoms with Crippen molar-refractivity contribution in [3.8, 4) is 11.3 Å². The summed E-state index contributed by atoms with van der Waals surface area (Å²) in [5.41, 5.74) is 4.93. The number of nitrogens with one attached hydrogen (secondary N) is 2. The number of Topliss-reactive ketones (excluding diaryl/α,β-unsaturated/α-hetero) is 1. The number of hydrogen-bond donors (Lipinski definition) is 2. The molecule has 4 aromatic heterocycles. The molecule has 0 spiro atoms. The largest absolute Gasteiger partial charge is 0.359 e. The maximum Gasteiger partial charge on any atom is 0.289 e. The number of pyridine rings is 2. The molecule has 2 N–H and O–H groups in total. The van der Waals surface area contributed by atoms with Gasteiger partial charge in [-0.2, -0.15) is 5.10 Å². The van der Waals surface area contributed by atoms with Gasteiger partial charge in [-0.1, -0.05) is 0 Å². The van der Waals surface area contributed by atoms with Crippen LogP contribution in [0, 0.1) is 5.92 Å². The molecule has 1 fully saturated rings. The SMILES string of the molecule is O=C(c1cc2c(cn1)c(-c1c[nH]c3cccnc13)nn2C(F)C(F)F)C1CCCONC1. The molecule has 1 saturated heterocycles. The number of H-pyrrole nitrogens is 1. The summed E-state index contributed by atoms with van der Waals surface area (Å²) in [6.07, 6.45) is -0.0723.